The number of hydrogen-bond donors (Lipinski definition) is 0. The van der Waals surface area contributed by atoms with Crippen molar-refractivity contribution in [2.24, 2.45) is 4.99 Å². The SMILES string of the molecule is CN1CCN=C(/C=C/c2ccc(Cl)c(Cl)c2)c2c1cccc2C(F)(F)F.Cl.Cl. The molecule has 152 valence electrons. The molecule has 0 aliphatic carbocycles. The fraction of sp³-hybridized carbons (Fsp3) is 0.211. The van der Waals surface area contributed by atoms with Crippen molar-refractivity contribution in [2.75, 3.05) is 25.0 Å². The van der Waals surface area contributed by atoms with Crippen LogP contribution in [0.2, 0.25) is 10.0 Å². The van der Waals surface area contributed by atoms with Crippen molar-refractivity contribution in [3.8, 4) is 0 Å². The van der Waals surface area contributed by atoms with Crippen LogP contribution in [0.25, 0.3) is 6.08 Å². The Balaban J connectivity index is 0.00000196. The molecular formula is C19H17Cl4F3N2. The van der Waals surface area contributed by atoms with Crippen LogP contribution in [-0.4, -0.2) is 25.8 Å². The molecule has 0 atom stereocenters. The van der Waals surface area contributed by atoms with Crippen molar-refractivity contribution in [1.29, 1.82) is 0 Å². The van der Waals surface area contributed by atoms with Gasteiger partial charge in [0.1, 0.15) is 0 Å². The molecule has 0 N–H and O–H groups in total. The Morgan fingerprint density at radius 2 is 1.75 bits per heavy atom. The molecule has 0 bridgehead atoms. The van der Waals surface area contributed by atoms with E-state index in [4.69, 9.17) is 23.2 Å². The van der Waals surface area contributed by atoms with Gasteiger partial charge < -0.3 is 4.90 Å². The van der Waals surface area contributed by atoms with Gasteiger partial charge in [0, 0.05) is 24.8 Å². The monoisotopic (exact) mass is 470 g/mol. The molecular weight excluding hydrogens is 455 g/mol. The number of halogens is 7. The molecule has 0 unspecified atom stereocenters. The van der Waals surface area contributed by atoms with Crippen molar-refractivity contribution >= 4 is 65.5 Å². The maximum Gasteiger partial charge on any atom is 0.417 e. The largest absolute Gasteiger partial charge is 0.417 e. The Morgan fingerprint density at radius 3 is 2.39 bits per heavy atom. The van der Waals surface area contributed by atoms with Gasteiger partial charge in [-0.2, -0.15) is 13.2 Å². The number of likely N-dealkylation sites (N-methyl/N-ethyl adjacent to an activating group) is 1. The predicted octanol–water partition coefficient (Wildman–Crippen LogP) is 6.81. The van der Waals surface area contributed by atoms with Crippen molar-refractivity contribution in [2.45, 2.75) is 6.18 Å². The van der Waals surface area contributed by atoms with E-state index in [1.54, 1.807) is 48.4 Å². The zero-order valence-electron chi connectivity index (χ0n) is 14.6. The quantitative estimate of drug-likeness (QED) is 0.469. The van der Waals surface area contributed by atoms with Crippen LogP contribution in [-0.2, 0) is 6.18 Å². The lowest BCUT2D eigenvalue weighted by Gasteiger charge is -2.22. The average molecular weight is 472 g/mol. The lowest BCUT2D eigenvalue weighted by Crippen LogP contribution is -2.22. The molecule has 0 saturated carbocycles. The van der Waals surface area contributed by atoms with E-state index in [-0.39, 0.29) is 30.4 Å². The Hall–Kier alpha value is -1.40. The van der Waals surface area contributed by atoms with Gasteiger partial charge in [-0.15, -0.1) is 24.8 Å². The maximum absolute atomic E-state index is 13.5. The fourth-order valence-electron chi connectivity index (χ4n) is 2.81. The first-order chi connectivity index (χ1) is 12.3. The van der Waals surface area contributed by atoms with E-state index >= 15 is 0 Å². The van der Waals surface area contributed by atoms with E-state index in [9.17, 15) is 13.2 Å². The molecule has 0 saturated heterocycles. The van der Waals surface area contributed by atoms with Crippen LogP contribution in [0.1, 0.15) is 16.7 Å². The van der Waals surface area contributed by atoms with Crippen molar-refractivity contribution in [3.05, 3.63) is 69.2 Å². The summed E-state index contributed by atoms with van der Waals surface area (Å²) in [5.41, 5.74) is 0.932. The van der Waals surface area contributed by atoms with Crippen molar-refractivity contribution < 1.29 is 13.2 Å². The highest BCUT2D eigenvalue weighted by atomic mass is 35.5. The molecule has 0 radical (unpaired) electrons. The number of hydrogen-bond acceptors (Lipinski definition) is 2. The van der Waals surface area contributed by atoms with E-state index in [0.717, 1.165) is 11.6 Å². The Morgan fingerprint density at radius 1 is 1.04 bits per heavy atom. The summed E-state index contributed by atoms with van der Waals surface area (Å²) in [6.45, 7) is 0.946. The lowest BCUT2D eigenvalue weighted by atomic mass is 9.98. The summed E-state index contributed by atoms with van der Waals surface area (Å²) in [6.07, 6.45) is -1.19. The third-order valence-electron chi connectivity index (χ3n) is 4.11. The first kappa shape index (κ1) is 24.6. The third kappa shape index (κ3) is 5.35. The van der Waals surface area contributed by atoms with E-state index in [1.807, 2.05) is 0 Å². The van der Waals surface area contributed by atoms with E-state index in [2.05, 4.69) is 4.99 Å². The Labute approximate surface area is 183 Å². The zero-order valence-corrected chi connectivity index (χ0v) is 17.8. The number of nitrogens with zero attached hydrogens (tertiary/aromatic N) is 2. The second-order valence-electron chi connectivity index (χ2n) is 5.89. The van der Waals surface area contributed by atoms with Crippen molar-refractivity contribution in [1.82, 2.24) is 0 Å². The molecule has 1 aliphatic heterocycles. The summed E-state index contributed by atoms with van der Waals surface area (Å²) in [4.78, 5) is 6.16. The van der Waals surface area contributed by atoms with Crippen LogP contribution in [0.15, 0.2) is 47.5 Å². The fourth-order valence-corrected chi connectivity index (χ4v) is 3.12. The average Bonchev–Trinajstić information content (AvgIpc) is 2.74. The predicted molar refractivity (Wildman–Crippen MR) is 116 cm³/mol. The minimum Gasteiger partial charge on any atom is -0.372 e. The second kappa shape index (κ2) is 9.88. The molecule has 9 heteroatoms. The number of rotatable bonds is 2. The van der Waals surface area contributed by atoms with Crippen LogP contribution in [0.5, 0.6) is 0 Å². The molecule has 2 aromatic rings. The summed E-state index contributed by atoms with van der Waals surface area (Å²) < 4.78 is 40.6. The number of allylic oxidation sites excluding steroid dienone is 1. The summed E-state index contributed by atoms with van der Waals surface area (Å²) in [5, 5.41) is 0.801. The van der Waals surface area contributed by atoms with Gasteiger partial charge in [0.25, 0.3) is 0 Å². The van der Waals surface area contributed by atoms with Crippen LogP contribution in [0, 0.1) is 0 Å². The number of benzene rings is 2. The molecule has 3 rings (SSSR count). The summed E-state index contributed by atoms with van der Waals surface area (Å²) in [5.74, 6) is 0. The van der Waals surface area contributed by atoms with Gasteiger partial charge >= 0.3 is 6.18 Å². The molecule has 1 heterocycles. The molecule has 0 fully saturated rings. The van der Waals surface area contributed by atoms with E-state index in [0.29, 0.717) is 34.5 Å². The Kier molecular flexibility index (Phi) is 8.69. The highest BCUT2D eigenvalue weighted by molar-refractivity contribution is 6.42. The Bertz CT molecular complexity index is 895. The maximum atomic E-state index is 13.5. The standard InChI is InChI=1S/C19H15Cl2F3N2.2ClH/c1-26-10-9-25-16(8-6-12-5-7-14(20)15(21)11-12)18-13(19(22,23)24)3-2-4-17(18)26;;/h2-8,11H,9-10H2,1H3;2*1H/b8-6+;;. The van der Waals surface area contributed by atoms with Crippen LogP contribution in [0.3, 0.4) is 0 Å². The minimum absolute atomic E-state index is 0. The second-order valence-corrected chi connectivity index (χ2v) is 6.71. The first-order valence-corrected chi connectivity index (χ1v) is 8.62. The highest BCUT2D eigenvalue weighted by Crippen LogP contribution is 2.37. The van der Waals surface area contributed by atoms with Gasteiger partial charge in [-0.1, -0.05) is 41.4 Å². The van der Waals surface area contributed by atoms with E-state index in [1.165, 1.54) is 6.07 Å². The minimum atomic E-state index is -4.46. The van der Waals surface area contributed by atoms with Gasteiger partial charge in [0.05, 0.1) is 27.9 Å². The normalized spacial score (nSPS) is 13.9. The van der Waals surface area contributed by atoms with Crippen LogP contribution in [0.4, 0.5) is 18.9 Å². The summed E-state index contributed by atoms with van der Waals surface area (Å²) in [6, 6.07) is 9.22. The van der Waals surface area contributed by atoms with Gasteiger partial charge in [-0.05, 0) is 35.9 Å². The highest BCUT2D eigenvalue weighted by Gasteiger charge is 2.36. The van der Waals surface area contributed by atoms with Crippen molar-refractivity contribution in [3.63, 3.8) is 0 Å². The van der Waals surface area contributed by atoms with E-state index < -0.39 is 11.7 Å². The molecule has 0 amide bonds. The summed E-state index contributed by atoms with van der Waals surface area (Å²) in [7, 11) is 1.76. The lowest BCUT2D eigenvalue weighted by molar-refractivity contribution is -0.137. The van der Waals surface area contributed by atoms with Gasteiger partial charge in [0.15, 0.2) is 0 Å². The van der Waals surface area contributed by atoms with Gasteiger partial charge in [-0.3, -0.25) is 4.99 Å². The van der Waals surface area contributed by atoms with Gasteiger partial charge in [-0.25, -0.2) is 0 Å². The number of alkyl halides is 3. The molecule has 2 aromatic carbocycles. The first-order valence-electron chi connectivity index (χ1n) is 7.86. The van der Waals surface area contributed by atoms with Crippen LogP contribution >= 0.6 is 48.0 Å². The zero-order chi connectivity index (χ0) is 18.9. The molecule has 0 spiro atoms. The molecule has 0 aromatic heterocycles. The molecule has 2 nitrogen and oxygen atoms in total. The number of fused-ring (bicyclic) bond motifs is 1. The number of anilines is 1. The summed E-state index contributed by atoms with van der Waals surface area (Å²) >= 11 is 11.9. The smallest absolute Gasteiger partial charge is 0.372 e. The molecule has 28 heavy (non-hydrogen) atoms. The van der Waals surface area contributed by atoms with Crippen LogP contribution < -0.4 is 4.90 Å². The number of aliphatic imine (C=N–C) groups is 1. The third-order valence-corrected chi connectivity index (χ3v) is 4.85. The number of benzodiazepines with no additional fused rings is 1. The van der Waals surface area contributed by atoms with Gasteiger partial charge in [0.2, 0.25) is 0 Å². The topological polar surface area (TPSA) is 15.6 Å². The molecule has 1 aliphatic rings.